The van der Waals surface area contributed by atoms with Gasteiger partial charge in [-0.2, -0.15) is 0 Å². The lowest BCUT2D eigenvalue weighted by Crippen LogP contribution is -2.37. The molecule has 5 nitrogen and oxygen atoms in total. The highest BCUT2D eigenvalue weighted by atomic mass is 35.5. The largest absolute Gasteiger partial charge is 0.357 e. The lowest BCUT2D eigenvalue weighted by molar-refractivity contribution is 0.0713. The molecule has 3 rings (SSSR count). The number of hydrogen-bond donors (Lipinski definition) is 1. The SMILES string of the molecule is O=C(c1ccc[nH]1)N1CCCN(C(=O)c2cc(Cl)ccc2F)CC1. The number of carbonyl (C=O) groups is 2. The Morgan fingerprint density at radius 3 is 2.42 bits per heavy atom. The van der Waals surface area contributed by atoms with E-state index in [1.165, 1.54) is 18.2 Å². The van der Waals surface area contributed by atoms with E-state index < -0.39 is 11.7 Å². The molecule has 0 atom stereocenters. The number of hydrogen-bond acceptors (Lipinski definition) is 2. The van der Waals surface area contributed by atoms with Gasteiger partial charge in [0.25, 0.3) is 11.8 Å². The summed E-state index contributed by atoms with van der Waals surface area (Å²) in [5, 5.41) is 0.318. The van der Waals surface area contributed by atoms with Crippen LogP contribution in [0.3, 0.4) is 0 Å². The average Bonchev–Trinajstić information content (AvgIpc) is 3.00. The second-order valence-electron chi connectivity index (χ2n) is 5.65. The molecular formula is C17H17ClFN3O2. The fraction of sp³-hybridized carbons (Fsp3) is 0.294. The Bertz CT molecular complexity index is 748. The Morgan fingerprint density at radius 1 is 1.04 bits per heavy atom. The van der Waals surface area contributed by atoms with Crippen LogP contribution in [0.5, 0.6) is 0 Å². The summed E-state index contributed by atoms with van der Waals surface area (Å²) in [4.78, 5) is 31.1. The predicted octanol–water partition coefficient (Wildman–Crippen LogP) is 2.80. The maximum Gasteiger partial charge on any atom is 0.270 e. The van der Waals surface area contributed by atoms with Crippen LogP contribution >= 0.6 is 11.6 Å². The number of amides is 2. The van der Waals surface area contributed by atoms with Gasteiger partial charge in [0.15, 0.2) is 0 Å². The zero-order chi connectivity index (χ0) is 17.1. The molecule has 1 N–H and O–H groups in total. The van der Waals surface area contributed by atoms with Crippen LogP contribution in [-0.2, 0) is 0 Å². The van der Waals surface area contributed by atoms with E-state index in [2.05, 4.69) is 4.98 Å². The third-order valence-electron chi connectivity index (χ3n) is 4.06. The molecule has 0 spiro atoms. The van der Waals surface area contributed by atoms with E-state index >= 15 is 0 Å². The molecule has 1 aromatic carbocycles. The molecule has 0 radical (unpaired) electrons. The molecule has 2 aromatic rings. The number of halogens is 2. The molecule has 0 saturated carbocycles. The van der Waals surface area contributed by atoms with Crippen molar-refractivity contribution in [2.24, 2.45) is 0 Å². The molecule has 126 valence electrons. The first-order chi connectivity index (χ1) is 11.6. The quantitative estimate of drug-likeness (QED) is 0.906. The van der Waals surface area contributed by atoms with Gasteiger partial charge in [-0.3, -0.25) is 9.59 Å². The number of aromatic nitrogens is 1. The number of carbonyl (C=O) groups excluding carboxylic acids is 2. The van der Waals surface area contributed by atoms with Gasteiger partial charge in [-0.05, 0) is 36.8 Å². The molecule has 0 unspecified atom stereocenters. The maximum absolute atomic E-state index is 13.9. The van der Waals surface area contributed by atoms with Gasteiger partial charge in [-0.25, -0.2) is 4.39 Å². The lowest BCUT2D eigenvalue weighted by Gasteiger charge is -2.22. The third-order valence-corrected chi connectivity index (χ3v) is 4.29. The van der Waals surface area contributed by atoms with Gasteiger partial charge in [0, 0.05) is 37.4 Å². The first-order valence-electron chi connectivity index (χ1n) is 7.73. The fourth-order valence-corrected chi connectivity index (χ4v) is 2.96. The number of benzene rings is 1. The van der Waals surface area contributed by atoms with E-state index in [0.717, 1.165) is 0 Å². The third kappa shape index (κ3) is 3.43. The molecule has 2 heterocycles. The highest BCUT2D eigenvalue weighted by Gasteiger charge is 2.25. The zero-order valence-corrected chi connectivity index (χ0v) is 13.7. The Morgan fingerprint density at radius 2 is 1.75 bits per heavy atom. The minimum atomic E-state index is -0.590. The molecule has 1 fully saturated rings. The van der Waals surface area contributed by atoms with Crippen LogP contribution in [0.25, 0.3) is 0 Å². The van der Waals surface area contributed by atoms with Crippen molar-refractivity contribution in [1.29, 1.82) is 0 Å². The van der Waals surface area contributed by atoms with Crippen molar-refractivity contribution < 1.29 is 14.0 Å². The van der Waals surface area contributed by atoms with Crippen molar-refractivity contribution in [2.45, 2.75) is 6.42 Å². The van der Waals surface area contributed by atoms with Crippen molar-refractivity contribution in [1.82, 2.24) is 14.8 Å². The second-order valence-corrected chi connectivity index (χ2v) is 6.08. The topological polar surface area (TPSA) is 56.4 Å². The van der Waals surface area contributed by atoms with Crippen LogP contribution in [0.4, 0.5) is 4.39 Å². The number of nitrogens with one attached hydrogen (secondary N) is 1. The van der Waals surface area contributed by atoms with Crippen LogP contribution < -0.4 is 0 Å². The first-order valence-corrected chi connectivity index (χ1v) is 8.11. The zero-order valence-electron chi connectivity index (χ0n) is 13.0. The fourth-order valence-electron chi connectivity index (χ4n) is 2.79. The summed E-state index contributed by atoms with van der Waals surface area (Å²) in [6, 6.07) is 7.42. The van der Waals surface area contributed by atoms with Gasteiger partial charge >= 0.3 is 0 Å². The summed E-state index contributed by atoms with van der Waals surface area (Å²) >= 11 is 5.86. The highest BCUT2D eigenvalue weighted by molar-refractivity contribution is 6.31. The smallest absolute Gasteiger partial charge is 0.270 e. The number of nitrogens with zero attached hydrogens (tertiary/aromatic N) is 2. The molecular weight excluding hydrogens is 333 g/mol. The monoisotopic (exact) mass is 349 g/mol. The average molecular weight is 350 g/mol. The molecule has 2 amide bonds. The Labute approximate surface area is 144 Å². The van der Waals surface area contributed by atoms with Gasteiger partial charge in [-0.1, -0.05) is 11.6 Å². The molecule has 1 aliphatic rings. The van der Waals surface area contributed by atoms with E-state index in [0.29, 0.717) is 43.3 Å². The summed E-state index contributed by atoms with van der Waals surface area (Å²) < 4.78 is 13.9. The van der Waals surface area contributed by atoms with Gasteiger partial charge < -0.3 is 14.8 Å². The number of H-pyrrole nitrogens is 1. The van der Waals surface area contributed by atoms with Crippen LogP contribution in [-0.4, -0.2) is 52.8 Å². The Hall–Kier alpha value is -2.34. The number of rotatable bonds is 2. The Balaban J connectivity index is 1.70. The normalized spacial score (nSPS) is 15.2. The number of aromatic amines is 1. The first kappa shape index (κ1) is 16.5. The van der Waals surface area contributed by atoms with Gasteiger partial charge in [0.2, 0.25) is 0 Å². The van der Waals surface area contributed by atoms with E-state index in [1.54, 1.807) is 28.1 Å². The minimum Gasteiger partial charge on any atom is -0.357 e. The van der Waals surface area contributed by atoms with Crippen LogP contribution in [0, 0.1) is 5.82 Å². The van der Waals surface area contributed by atoms with Crippen molar-refractivity contribution in [3.8, 4) is 0 Å². The van der Waals surface area contributed by atoms with E-state index in [-0.39, 0.29) is 11.5 Å². The van der Waals surface area contributed by atoms with E-state index in [1.807, 2.05) is 0 Å². The minimum absolute atomic E-state index is 0.0355. The molecule has 1 aliphatic heterocycles. The maximum atomic E-state index is 13.9. The Kier molecular flexibility index (Phi) is 4.85. The summed E-state index contributed by atoms with van der Waals surface area (Å²) in [5.41, 5.74) is 0.488. The summed E-state index contributed by atoms with van der Waals surface area (Å²) in [7, 11) is 0. The van der Waals surface area contributed by atoms with Gasteiger partial charge in [-0.15, -0.1) is 0 Å². The molecule has 1 saturated heterocycles. The van der Waals surface area contributed by atoms with E-state index in [4.69, 9.17) is 11.6 Å². The van der Waals surface area contributed by atoms with Crippen LogP contribution in [0.2, 0.25) is 5.02 Å². The molecule has 0 bridgehead atoms. The van der Waals surface area contributed by atoms with Gasteiger partial charge in [0.05, 0.1) is 5.56 Å². The second kappa shape index (κ2) is 7.05. The van der Waals surface area contributed by atoms with Crippen LogP contribution in [0.1, 0.15) is 27.3 Å². The van der Waals surface area contributed by atoms with Crippen molar-refractivity contribution in [3.05, 3.63) is 58.6 Å². The predicted molar refractivity (Wildman–Crippen MR) is 88.6 cm³/mol. The van der Waals surface area contributed by atoms with Gasteiger partial charge in [0.1, 0.15) is 11.5 Å². The lowest BCUT2D eigenvalue weighted by atomic mass is 10.2. The van der Waals surface area contributed by atoms with Crippen molar-refractivity contribution in [3.63, 3.8) is 0 Å². The summed E-state index contributed by atoms with van der Waals surface area (Å²) in [5.74, 6) is -1.08. The summed E-state index contributed by atoms with van der Waals surface area (Å²) in [6.45, 7) is 1.79. The molecule has 7 heteroatoms. The van der Waals surface area contributed by atoms with Crippen LogP contribution in [0.15, 0.2) is 36.5 Å². The van der Waals surface area contributed by atoms with Crippen molar-refractivity contribution in [2.75, 3.05) is 26.2 Å². The van der Waals surface area contributed by atoms with E-state index in [9.17, 15) is 14.0 Å². The van der Waals surface area contributed by atoms with Crippen molar-refractivity contribution >= 4 is 23.4 Å². The summed E-state index contributed by atoms with van der Waals surface area (Å²) in [6.07, 6.45) is 2.34. The standard InChI is InChI=1S/C17H17ClFN3O2/c18-12-4-5-14(19)13(11-12)16(23)21-7-2-8-22(10-9-21)17(24)15-3-1-6-20-15/h1,3-6,11,20H,2,7-10H2. The highest BCUT2D eigenvalue weighted by Crippen LogP contribution is 2.18. The molecule has 24 heavy (non-hydrogen) atoms. The molecule has 1 aromatic heterocycles. The molecule has 0 aliphatic carbocycles.